The van der Waals surface area contributed by atoms with E-state index in [9.17, 15) is 13.6 Å². The van der Waals surface area contributed by atoms with Crippen LogP contribution in [-0.4, -0.2) is 62.7 Å². The van der Waals surface area contributed by atoms with Crippen LogP contribution in [0.5, 0.6) is 0 Å². The number of carboxylic acid groups (broad SMARTS) is 1. The molecule has 1 aromatic carbocycles. The van der Waals surface area contributed by atoms with Gasteiger partial charge >= 0.3 is 0 Å². The Labute approximate surface area is 231 Å². The Morgan fingerprint density at radius 2 is 1.59 bits per heavy atom. The fraction of sp³-hybridized carbons (Fsp3) is 0.500. The van der Waals surface area contributed by atoms with Crippen LogP contribution in [0.1, 0.15) is 51.5 Å². The number of carboxylic acids is 1. The van der Waals surface area contributed by atoms with E-state index in [2.05, 4.69) is 42.7 Å². The van der Waals surface area contributed by atoms with Gasteiger partial charge in [-0.1, -0.05) is 39.3 Å². The Balaban J connectivity index is 0.000000826. The Bertz CT molecular complexity index is 1350. The van der Waals surface area contributed by atoms with Crippen molar-refractivity contribution in [3.8, 4) is 11.3 Å². The smallest absolute Gasteiger partial charge is 0.300 e. The van der Waals surface area contributed by atoms with E-state index in [0.29, 0.717) is 40.7 Å². The number of hydrogen-bond acceptors (Lipinski definition) is 5. The lowest BCUT2D eigenvalue weighted by Gasteiger charge is -2.29. The summed E-state index contributed by atoms with van der Waals surface area (Å²) in [6.07, 6.45) is 1.21. The summed E-state index contributed by atoms with van der Waals surface area (Å²) in [6.45, 7) is 12.7. The number of fused-ring (bicyclic) bond motifs is 2. The van der Waals surface area contributed by atoms with Crippen LogP contribution in [0.4, 0.5) is 14.6 Å². The minimum Gasteiger partial charge on any atom is -0.481 e. The number of hydrogen-bond donors (Lipinski definition) is 1. The van der Waals surface area contributed by atoms with Crippen molar-refractivity contribution in [1.29, 1.82) is 0 Å². The van der Waals surface area contributed by atoms with Gasteiger partial charge in [-0.3, -0.25) is 9.59 Å². The summed E-state index contributed by atoms with van der Waals surface area (Å²) < 4.78 is 30.2. The monoisotopic (exact) mass is 561 g/mol. The van der Waals surface area contributed by atoms with Crippen molar-refractivity contribution in [2.24, 2.45) is 23.7 Å². The molecule has 1 aliphatic carbocycles. The molecule has 2 aromatic heterocycles. The second-order valence-electron chi connectivity index (χ2n) is 11.2. The van der Waals surface area contributed by atoms with Gasteiger partial charge in [-0.25, -0.2) is 13.8 Å². The summed E-state index contributed by atoms with van der Waals surface area (Å²) in [4.78, 5) is 30.9. The van der Waals surface area contributed by atoms with Crippen LogP contribution < -0.4 is 4.90 Å². The summed E-state index contributed by atoms with van der Waals surface area (Å²) in [5.74, 6) is 0.0745. The molecular weight excluding hydrogens is 528 g/mol. The van der Waals surface area contributed by atoms with Crippen LogP contribution in [0, 0.1) is 35.3 Å². The van der Waals surface area contributed by atoms with E-state index in [1.807, 2.05) is 4.90 Å². The largest absolute Gasteiger partial charge is 0.481 e. The first kappa shape index (κ1) is 28.7. The van der Waals surface area contributed by atoms with Gasteiger partial charge in [-0.05, 0) is 42.2 Å². The highest BCUT2D eigenvalue weighted by molar-refractivity contribution is 6.31. The van der Waals surface area contributed by atoms with E-state index in [1.54, 1.807) is 16.6 Å². The zero-order valence-electron chi connectivity index (χ0n) is 22.8. The highest BCUT2D eigenvalue weighted by Crippen LogP contribution is 2.45. The summed E-state index contributed by atoms with van der Waals surface area (Å²) in [5, 5.41) is 11.5. The molecule has 1 saturated carbocycles. The number of aliphatic carboxylic acids is 1. The topological polar surface area (TPSA) is 91.0 Å². The standard InChI is InChI=1S/C26H30ClF2N5O.C2H4O2/c1-14(2)10-32(11-15(3)4)24-9-21(16-6-19(28)25(27)20(29)7-16)30-23-8-22(31-34(23)24)26(35)33-12-17-5-18(17)13-33;1-2(3)4/h6-9,14-15,17-18H,5,10-13H2,1-4H3;1H3,(H,3,4). The van der Waals surface area contributed by atoms with Gasteiger partial charge in [0.2, 0.25) is 0 Å². The lowest BCUT2D eigenvalue weighted by atomic mass is 10.1. The average molecular weight is 562 g/mol. The number of likely N-dealkylation sites (tertiary alicyclic amines) is 1. The van der Waals surface area contributed by atoms with Gasteiger partial charge in [0.25, 0.3) is 11.9 Å². The molecule has 2 unspecified atom stereocenters. The number of carbonyl (C=O) groups excluding carboxylic acids is 1. The lowest BCUT2D eigenvalue weighted by molar-refractivity contribution is -0.134. The highest BCUT2D eigenvalue weighted by atomic mass is 35.5. The van der Waals surface area contributed by atoms with Gasteiger partial charge in [0, 0.05) is 50.8 Å². The number of aromatic nitrogens is 3. The Hall–Kier alpha value is -3.27. The molecule has 8 nitrogen and oxygen atoms in total. The maximum atomic E-state index is 14.3. The summed E-state index contributed by atoms with van der Waals surface area (Å²) >= 11 is 5.71. The number of benzene rings is 1. The predicted molar refractivity (Wildman–Crippen MR) is 146 cm³/mol. The van der Waals surface area contributed by atoms with E-state index in [1.165, 1.54) is 18.6 Å². The van der Waals surface area contributed by atoms with Crippen LogP contribution in [0.25, 0.3) is 16.9 Å². The second-order valence-corrected chi connectivity index (χ2v) is 11.6. The first-order valence-electron chi connectivity index (χ1n) is 13.1. The molecule has 2 fully saturated rings. The molecule has 210 valence electrons. The van der Waals surface area contributed by atoms with Gasteiger partial charge in [-0.15, -0.1) is 0 Å². The van der Waals surface area contributed by atoms with E-state index in [-0.39, 0.29) is 11.5 Å². The van der Waals surface area contributed by atoms with Crippen molar-refractivity contribution in [2.45, 2.75) is 41.0 Å². The molecule has 39 heavy (non-hydrogen) atoms. The van der Waals surface area contributed by atoms with Gasteiger partial charge in [0.05, 0.1) is 5.69 Å². The number of carbonyl (C=O) groups is 2. The molecule has 2 atom stereocenters. The van der Waals surface area contributed by atoms with Crippen LogP contribution in [-0.2, 0) is 4.79 Å². The Morgan fingerprint density at radius 3 is 2.10 bits per heavy atom. The zero-order chi connectivity index (χ0) is 28.6. The number of amides is 1. The van der Waals surface area contributed by atoms with Crippen molar-refractivity contribution < 1.29 is 23.5 Å². The molecule has 1 aliphatic heterocycles. The number of rotatable bonds is 7. The second kappa shape index (κ2) is 11.5. The van der Waals surface area contributed by atoms with E-state index in [4.69, 9.17) is 21.5 Å². The number of nitrogens with zero attached hydrogens (tertiary/aromatic N) is 5. The maximum absolute atomic E-state index is 14.3. The molecule has 1 N–H and O–H groups in total. The molecule has 0 bridgehead atoms. The minimum absolute atomic E-state index is 0.0990. The molecule has 1 saturated heterocycles. The number of anilines is 1. The third-order valence-corrected chi connectivity index (χ3v) is 7.03. The van der Waals surface area contributed by atoms with E-state index >= 15 is 0 Å². The van der Waals surface area contributed by atoms with Crippen molar-refractivity contribution in [3.63, 3.8) is 0 Å². The van der Waals surface area contributed by atoms with E-state index < -0.39 is 22.6 Å². The number of piperidine rings is 1. The fourth-order valence-corrected chi connectivity index (χ4v) is 5.12. The van der Waals surface area contributed by atoms with Gasteiger partial charge in [-0.2, -0.15) is 9.61 Å². The third-order valence-electron chi connectivity index (χ3n) is 6.67. The van der Waals surface area contributed by atoms with Crippen LogP contribution in [0.15, 0.2) is 24.3 Å². The molecule has 0 radical (unpaired) electrons. The van der Waals surface area contributed by atoms with Crippen LogP contribution >= 0.6 is 11.6 Å². The summed E-state index contributed by atoms with van der Waals surface area (Å²) in [6, 6.07) is 5.82. The normalized spacial score (nSPS) is 17.8. The summed E-state index contributed by atoms with van der Waals surface area (Å²) in [5.41, 5.74) is 1.45. The predicted octanol–water partition coefficient (Wildman–Crippen LogP) is 5.63. The van der Waals surface area contributed by atoms with Crippen LogP contribution in [0.2, 0.25) is 5.02 Å². The fourth-order valence-electron chi connectivity index (χ4n) is 5.01. The molecule has 0 spiro atoms. The first-order valence-corrected chi connectivity index (χ1v) is 13.5. The highest BCUT2D eigenvalue weighted by Gasteiger charge is 2.47. The summed E-state index contributed by atoms with van der Waals surface area (Å²) in [7, 11) is 0. The molecule has 5 rings (SSSR count). The molecule has 11 heteroatoms. The van der Waals surface area contributed by atoms with Crippen LogP contribution in [0.3, 0.4) is 0 Å². The van der Waals surface area contributed by atoms with Gasteiger partial charge < -0.3 is 14.9 Å². The quantitative estimate of drug-likeness (QED) is 0.376. The van der Waals surface area contributed by atoms with Crippen molar-refractivity contribution in [1.82, 2.24) is 19.5 Å². The molecular formula is C28H34ClF2N5O3. The third kappa shape index (κ3) is 6.66. The van der Waals surface area contributed by atoms with Crippen molar-refractivity contribution >= 4 is 34.9 Å². The van der Waals surface area contributed by atoms with Crippen molar-refractivity contribution in [3.05, 3.63) is 46.6 Å². The minimum atomic E-state index is -0.844. The molecule has 3 aromatic rings. The zero-order valence-corrected chi connectivity index (χ0v) is 23.5. The van der Waals surface area contributed by atoms with E-state index in [0.717, 1.165) is 38.9 Å². The molecule has 1 amide bonds. The number of halogens is 3. The lowest BCUT2D eigenvalue weighted by Crippen LogP contribution is -2.33. The molecule has 2 aliphatic rings. The average Bonchev–Trinajstić information content (AvgIpc) is 3.23. The van der Waals surface area contributed by atoms with Crippen molar-refractivity contribution in [2.75, 3.05) is 31.1 Å². The molecule has 3 heterocycles. The Kier molecular flexibility index (Phi) is 8.44. The SMILES string of the molecule is CC(=O)O.CC(C)CN(CC(C)C)c1cc(-c2cc(F)c(Cl)c(F)c2)nc2cc(C(=O)N3CC4CC4C3)nn12. The maximum Gasteiger partial charge on any atom is 0.300 e. The Morgan fingerprint density at radius 1 is 1.05 bits per heavy atom. The van der Waals surface area contributed by atoms with Gasteiger partial charge in [0.1, 0.15) is 22.5 Å². The van der Waals surface area contributed by atoms with Gasteiger partial charge in [0.15, 0.2) is 11.3 Å². The first-order chi connectivity index (χ1) is 18.3.